The first-order valence-electron chi connectivity index (χ1n) is 13.7. The Hall–Kier alpha value is -5.88. The number of nitrogens with zero attached hydrogens (tertiary/aromatic N) is 6. The average Bonchev–Trinajstić information content (AvgIpc) is 3.07. The van der Waals surface area contributed by atoms with Gasteiger partial charge in [-0.3, -0.25) is 15.0 Å². The molecule has 0 aliphatic heterocycles. The minimum Gasteiger partial charge on any atom is -0.256 e. The minimum absolute atomic E-state index is 0.598. The van der Waals surface area contributed by atoms with Gasteiger partial charge >= 0.3 is 0 Å². The van der Waals surface area contributed by atoms with Crippen LogP contribution in [0.2, 0.25) is 0 Å². The summed E-state index contributed by atoms with van der Waals surface area (Å²) in [6.07, 6.45) is 5.41. The number of hydrogen-bond donors (Lipinski definition) is 0. The molecule has 4 aromatic carbocycles. The lowest BCUT2D eigenvalue weighted by Gasteiger charge is -2.11. The molecule has 42 heavy (non-hydrogen) atoms. The maximum Gasteiger partial charge on any atom is 0.164 e. The van der Waals surface area contributed by atoms with Crippen molar-refractivity contribution in [2.45, 2.75) is 0 Å². The van der Waals surface area contributed by atoms with E-state index >= 15 is 0 Å². The van der Waals surface area contributed by atoms with Crippen molar-refractivity contribution in [2.75, 3.05) is 0 Å². The van der Waals surface area contributed by atoms with Crippen LogP contribution in [-0.2, 0) is 0 Å². The van der Waals surface area contributed by atoms with Gasteiger partial charge in [-0.15, -0.1) is 0 Å². The van der Waals surface area contributed by atoms with Gasteiger partial charge in [0.25, 0.3) is 0 Å². The van der Waals surface area contributed by atoms with Gasteiger partial charge in [-0.2, -0.15) is 0 Å². The normalized spacial score (nSPS) is 11.3. The standard InChI is InChI=1S/C36H22N6/c1-7-29(27-9-4-20-38-32(27)11-1)35-40-34(41-36(42-35)30-8-2-12-33-28(30)10-5-21-39-33)24-15-13-23(14-16-24)25-17-18-31-26(22-25)6-3-19-37-31/h1-22H. The quantitative estimate of drug-likeness (QED) is 0.225. The molecule has 0 unspecified atom stereocenters. The predicted molar refractivity (Wildman–Crippen MR) is 167 cm³/mol. The van der Waals surface area contributed by atoms with Crippen molar-refractivity contribution < 1.29 is 0 Å². The molecule has 0 fully saturated rings. The molecule has 0 saturated carbocycles. The summed E-state index contributed by atoms with van der Waals surface area (Å²) in [4.78, 5) is 28.5. The number of hydrogen-bond acceptors (Lipinski definition) is 6. The number of rotatable bonds is 4. The van der Waals surface area contributed by atoms with Gasteiger partial charge in [0.15, 0.2) is 17.5 Å². The molecule has 0 bridgehead atoms. The first-order chi connectivity index (χ1) is 20.8. The Labute approximate surface area is 241 Å². The van der Waals surface area contributed by atoms with E-state index in [4.69, 9.17) is 15.0 Å². The Morgan fingerprint density at radius 3 is 1.52 bits per heavy atom. The molecule has 6 heteroatoms. The van der Waals surface area contributed by atoms with E-state index in [1.165, 1.54) is 0 Å². The summed E-state index contributed by atoms with van der Waals surface area (Å²) in [6, 6.07) is 38.8. The smallest absolute Gasteiger partial charge is 0.164 e. The van der Waals surface area contributed by atoms with Gasteiger partial charge in [0.2, 0.25) is 0 Å². The zero-order chi connectivity index (χ0) is 27.9. The summed E-state index contributed by atoms with van der Waals surface area (Å²) < 4.78 is 0. The van der Waals surface area contributed by atoms with Crippen LogP contribution in [0.1, 0.15) is 0 Å². The molecule has 0 saturated heterocycles. The minimum atomic E-state index is 0.598. The Bertz CT molecular complexity index is 2150. The highest BCUT2D eigenvalue weighted by atomic mass is 15.0. The summed E-state index contributed by atoms with van der Waals surface area (Å²) in [5, 5.41) is 3.09. The van der Waals surface area contributed by atoms with E-state index in [2.05, 4.69) is 75.6 Å². The van der Waals surface area contributed by atoms with Crippen LogP contribution < -0.4 is 0 Å². The summed E-state index contributed by atoms with van der Waals surface area (Å²) in [7, 11) is 0. The third-order valence-corrected chi connectivity index (χ3v) is 7.49. The number of benzene rings is 4. The van der Waals surface area contributed by atoms with Gasteiger partial charge in [0, 0.05) is 51.4 Å². The second kappa shape index (κ2) is 9.94. The number of fused-ring (bicyclic) bond motifs is 3. The molecule has 6 nitrogen and oxygen atoms in total. The monoisotopic (exact) mass is 538 g/mol. The number of pyridine rings is 3. The van der Waals surface area contributed by atoms with E-state index in [1.54, 1.807) is 12.4 Å². The molecule has 0 spiro atoms. The van der Waals surface area contributed by atoms with Gasteiger partial charge in [-0.05, 0) is 53.6 Å². The number of aromatic nitrogens is 6. The summed E-state index contributed by atoms with van der Waals surface area (Å²) in [6.45, 7) is 0. The van der Waals surface area contributed by atoms with Crippen molar-refractivity contribution in [1.82, 2.24) is 29.9 Å². The van der Waals surface area contributed by atoms with Gasteiger partial charge in [0.1, 0.15) is 0 Å². The van der Waals surface area contributed by atoms with Crippen LogP contribution in [0.4, 0.5) is 0 Å². The highest BCUT2D eigenvalue weighted by Crippen LogP contribution is 2.32. The Morgan fingerprint density at radius 1 is 0.357 bits per heavy atom. The zero-order valence-corrected chi connectivity index (χ0v) is 22.4. The summed E-state index contributed by atoms with van der Waals surface area (Å²) in [5.74, 6) is 1.80. The average molecular weight is 539 g/mol. The van der Waals surface area contributed by atoms with Crippen LogP contribution in [0.3, 0.4) is 0 Å². The van der Waals surface area contributed by atoms with Crippen LogP contribution in [0.25, 0.3) is 78.0 Å². The SMILES string of the molecule is c1cnc2ccc(-c3ccc(-c4nc(-c5cccc6ncccc56)nc(-c5cccc6ncccc56)n4)cc3)cc2c1. The lowest BCUT2D eigenvalue weighted by molar-refractivity contribution is 1.08. The molecular formula is C36H22N6. The topological polar surface area (TPSA) is 77.3 Å². The fraction of sp³-hybridized carbons (Fsp3) is 0. The van der Waals surface area contributed by atoms with Crippen molar-refractivity contribution in [3.8, 4) is 45.3 Å². The molecular weight excluding hydrogens is 516 g/mol. The maximum absolute atomic E-state index is 5.01. The molecule has 4 aromatic heterocycles. The Balaban J connectivity index is 1.29. The molecule has 8 rings (SSSR count). The van der Waals surface area contributed by atoms with Crippen LogP contribution in [0.5, 0.6) is 0 Å². The third-order valence-electron chi connectivity index (χ3n) is 7.49. The van der Waals surface area contributed by atoms with Crippen molar-refractivity contribution >= 4 is 32.7 Å². The Kier molecular flexibility index (Phi) is 5.67. The first-order valence-corrected chi connectivity index (χ1v) is 13.7. The van der Waals surface area contributed by atoms with E-state index in [0.29, 0.717) is 17.5 Å². The molecule has 0 aliphatic rings. The summed E-state index contributed by atoms with van der Waals surface area (Å²) in [5.41, 5.74) is 7.73. The molecule has 8 aromatic rings. The van der Waals surface area contributed by atoms with E-state index in [1.807, 2.05) is 60.8 Å². The molecule has 0 atom stereocenters. The van der Waals surface area contributed by atoms with Crippen molar-refractivity contribution in [3.63, 3.8) is 0 Å². The van der Waals surface area contributed by atoms with Gasteiger partial charge in [-0.25, -0.2) is 15.0 Å². The summed E-state index contributed by atoms with van der Waals surface area (Å²) >= 11 is 0. The lowest BCUT2D eigenvalue weighted by atomic mass is 10.0. The largest absolute Gasteiger partial charge is 0.256 e. The van der Waals surface area contributed by atoms with Gasteiger partial charge in [-0.1, -0.05) is 72.8 Å². The van der Waals surface area contributed by atoms with Crippen LogP contribution in [0.15, 0.2) is 134 Å². The molecule has 4 heterocycles. The third kappa shape index (κ3) is 4.22. The van der Waals surface area contributed by atoms with Crippen LogP contribution >= 0.6 is 0 Å². The second-order valence-electron chi connectivity index (χ2n) is 10.0. The molecule has 196 valence electrons. The van der Waals surface area contributed by atoms with E-state index < -0.39 is 0 Å². The molecule has 0 amide bonds. The fourth-order valence-electron chi connectivity index (χ4n) is 5.41. The van der Waals surface area contributed by atoms with E-state index in [0.717, 1.165) is 60.5 Å². The predicted octanol–water partition coefficient (Wildman–Crippen LogP) is 8.18. The van der Waals surface area contributed by atoms with Gasteiger partial charge < -0.3 is 0 Å². The van der Waals surface area contributed by atoms with Crippen molar-refractivity contribution in [1.29, 1.82) is 0 Å². The maximum atomic E-state index is 5.01. The van der Waals surface area contributed by atoms with Crippen LogP contribution in [0, 0.1) is 0 Å². The highest BCUT2D eigenvalue weighted by Gasteiger charge is 2.16. The zero-order valence-electron chi connectivity index (χ0n) is 22.4. The van der Waals surface area contributed by atoms with Crippen molar-refractivity contribution in [2.24, 2.45) is 0 Å². The van der Waals surface area contributed by atoms with Crippen LogP contribution in [-0.4, -0.2) is 29.9 Å². The molecule has 0 radical (unpaired) electrons. The molecule has 0 N–H and O–H groups in total. The van der Waals surface area contributed by atoms with E-state index in [-0.39, 0.29) is 0 Å². The van der Waals surface area contributed by atoms with Crippen molar-refractivity contribution in [3.05, 3.63) is 134 Å². The van der Waals surface area contributed by atoms with Gasteiger partial charge in [0.05, 0.1) is 16.6 Å². The highest BCUT2D eigenvalue weighted by molar-refractivity contribution is 5.95. The fourth-order valence-corrected chi connectivity index (χ4v) is 5.41. The van der Waals surface area contributed by atoms with E-state index in [9.17, 15) is 0 Å². The first kappa shape index (κ1) is 24.0. The Morgan fingerprint density at radius 2 is 0.881 bits per heavy atom. The second-order valence-corrected chi connectivity index (χ2v) is 10.0. The lowest BCUT2D eigenvalue weighted by Crippen LogP contribution is -2.01. The molecule has 0 aliphatic carbocycles.